The van der Waals surface area contributed by atoms with Crippen LogP contribution in [0.2, 0.25) is 0 Å². The van der Waals surface area contributed by atoms with Crippen molar-refractivity contribution in [3.8, 4) is 0 Å². The SMILES string of the molecule is CC(C)(C)OC(=O)N1CCC[C@@H](CNC2CCC2)C1. The van der Waals surface area contributed by atoms with Gasteiger partial charge >= 0.3 is 6.09 Å². The van der Waals surface area contributed by atoms with Gasteiger partial charge in [-0.3, -0.25) is 0 Å². The highest BCUT2D eigenvalue weighted by Gasteiger charge is 2.28. The third-order valence-electron chi connectivity index (χ3n) is 3.97. The van der Waals surface area contributed by atoms with Crippen LogP contribution in [0.25, 0.3) is 0 Å². The molecule has 0 spiro atoms. The Bertz CT molecular complexity index is 308. The van der Waals surface area contributed by atoms with Gasteiger partial charge in [0.15, 0.2) is 0 Å². The zero-order valence-corrected chi connectivity index (χ0v) is 12.6. The predicted octanol–water partition coefficient (Wildman–Crippen LogP) is 2.78. The molecule has 0 unspecified atom stereocenters. The molecular formula is C15H28N2O2. The van der Waals surface area contributed by atoms with E-state index in [0.29, 0.717) is 5.92 Å². The Kier molecular flexibility index (Phi) is 4.71. The smallest absolute Gasteiger partial charge is 0.410 e. The molecule has 1 aliphatic heterocycles. The van der Waals surface area contributed by atoms with E-state index in [9.17, 15) is 4.79 Å². The van der Waals surface area contributed by atoms with Crippen LogP contribution in [0.5, 0.6) is 0 Å². The summed E-state index contributed by atoms with van der Waals surface area (Å²) in [6.07, 6.45) is 6.17. The van der Waals surface area contributed by atoms with Crippen molar-refractivity contribution in [2.24, 2.45) is 5.92 Å². The summed E-state index contributed by atoms with van der Waals surface area (Å²) in [6.45, 7) is 8.49. The number of hydrogen-bond acceptors (Lipinski definition) is 3. The molecule has 0 aromatic heterocycles. The van der Waals surface area contributed by atoms with Crippen LogP contribution in [0.4, 0.5) is 4.79 Å². The van der Waals surface area contributed by atoms with E-state index in [-0.39, 0.29) is 6.09 Å². The summed E-state index contributed by atoms with van der Waals surface area (Å²) >= 11 is 0. The molecule has 1 aliphatic carbocycles. The van der Waals surface area contributed by atoms with Crippen molar-refractivity contribution in [2.75, 3.05) is 19.6 Å². The summed E-state index contributed by atoms with van der Waals surface area (Å²) in [6, 6.07) is 0.733. The summed E-state index contributed by atoms with van der Waals surface area (Å²) in [5.74, 6) is 0.585. The molecule has 2 fully saturated rings. The Balaban J connectivity index is 1.74. The van der Waals surface area contributed by atoms with Crippen molar-refractivity contribution in [1.82, 2.24) is 10.2 Å². The first kappa shape index (κ1) is 14.6. The molecule has 1 amide bonds. The average Bonchev–Trinajstić information content (AvgIpc) is 2.25. The Hall–Kier alpha value is -0.770. The quantitative estimate of drug-likeness (QED) is 0.855. The van der Waals surface area contributed by atoms with Gasteiger partial charge in [-0.1, -0.05) is 6.42 Å². The number of ether oxygens (including phenoxy) is 1. The lowest BCUT2D eigenvalue weighted by Gasteiger charge is -2.35. The summed E-state index contributed by atoms with van der Waals surface area (Å²) in [5.41, 5.74) is -0.395. The van der Waals surface area contributed by atoms with Gasteiger partial charge < -0.3 is 15.0 Å². The number of likely N-dealkylation sites (tertiary alicyclic amines) is 1. The van der Waals surface area contributed by atoms with Crippen molar-refractivity contribution in [1.29, 1.82) is 0 Å². The Morgan fingerprint density at radius 2 is 2.00 bits per heavy atom. The molecule has 1 saturated carbocycles. The van der Waals surface area contributed by atoms with Crippen molar-refractivity contribution in [2.45, 2.75) is 64.5 Å². The van der Waals surface area contributed by atoms with E-state index in [1.807, 2.05) is 25.7 Å². The molecule has 1 heterocycles. The van der Waals surface area contributed by atoms with Crippen LogP contribution in [-0.2, 0) is 4.74 Å². The minimum Gasteiger partial charge on any atom is -0.444 e. The molecule has 1 saturated heterocycles. The van der Waals surface area contributed by atoms with E-state index in [0.717, 1.165) is 32.1 Å². The molecule has 19 heavy (non-hydrogen) atoms. The second kappa shape index (κ2) is 6.12. The molecule has 4 nitrogen and oxygen atoms in total. The zero-order valence-electron chi connectivity index (χ0n) is 12.6. The fraction of sp³-hybridized carbons (Fsp3) is 0.933. The Labute approximate surface area is 116 Å². The highest BCUT2D eigenvalue weighted by Crippen LogP contribution is 2.21. The van der Waals surface area contributed by atoms with Crippen molar-refractivity contribution < 1.29 is 9.53 Å². The number of carbonyl (C=O) groups excluding carboxylic acids is 1. The first-order chi connectivity index (χ1) is 8.94. The third kappa shape index (κ3) is 4.68. The van der Waals surface area contributed by atoms with E-state index in [1.165, 1.54) is 25.7 Å². The average molecular weight is 268 g/mol. The number of rotatable bonds is 3. The van der Waals surface area contributed by atoms with E-state index >= 15 is 0 Å². The van der Waals surface area contributed by atoms with Gasteiger partial charge in [0.2, 0.25) is 0 Å². The summed E-state index contributed by atoms with van der Waals surface area (Å²) < 4.78 is 5.45. The molecule has 0 aromatic rings. The van der Waals surface area contributed by atoms with Crippen LogP contribution in [0.3, 0.4) is 0 Å². The zero-order chi connectivity index (χ0) is 13.9. The van der Waals surface area contributed by atoms with E-state index < -0.39 is 5.60 Å². The molecule has 2 rings (SSSR count). The number of piperidine rings is 1. The molecule has 110 valence electrons. The summed E-state index contributed by atoms with van der Waals surface area (Å²) in [7, 11) is 0. The van der Waals surface area contributed by atoms with Crippen LogP contribution in [0, 0.1) is 5.92 Å². The van der Waals surface area contributed by atoms with Crippen LogP contribution >= 0.6 is 0 Å². The van der Waals surface area contributed by atoms with Crippen LogP contribution in [-0.4, -0.2) is 42.3 Å². The summed E-state index contributed by atoms with van der Waals surface area (Å²) in [5, 5.41) is 3.62. The molecule has 0 aromatic carbocycles. The lowest BCUT2D eigenvalue weighted by Crippen LogP contribution is -2.46. The van der Waals surface area contributed by atoms with Gasteiger partial charge in [0, 0.05) is 19.1 Å². The Morgan fingerprint density at radius 3 is 2.58 bits per heavy atom. The molecule has 2 aliphatic rings. The van der Waals surface area contributed by atoms with Gasteiger partial charge in [0.05, 0.1) is 0 Å². The fourth-order valence-corrected chi connectivity index (χ4v) is 2.67. The predicted molar refractivity (Wildman–Crippen MR) is 76.2 cm³/mol. The third-order valence-corrected chi connectivity index (χ3v) is 3.97. The van der Waals surface area contributed by atoms with Gasteiger partial charge in [-0.15, -0.1) is 0 Å². The number of amides is 1. The van der Waals surface area contributed by atoms with Crippen LogP contribution in [0.1, 0.15) is 52.9 Å². The molecule has 0 radical (unpaired) electrons. The normalized spacial score (nSPS) is 25.0. The topological polar surface area (TPSA) is 41.6 Å². The lowest BCUT2D eigenvalue weighted by atomic mass is 9.91. The maximum atomic E-state index is 12.0. The highest BCUT2D eigenvalue weighted by molar-refractivity contribution is 5.68. The van der Waals surface area contributed by atoms with Gasteiger partial charge in [0.25, 0.3) is 0 Å². The first-order valence-electron chi connectivity index (χ1n) is 7.65. The number of hydrogen-bond donors (Lipinski definition) is 1. The second-order valence-electron chi connectivity index (χ2n) is 6.97. The molecule has 4 heteroatoms. The van der Waals surface area contributed by atoms with Crippen molar-refractivity contribution >= 4 is 6.09 Å². The minimum absolute atomic E-state index is 0.152. The first-order valence-corrected chi connectivity index (χ1v) is 7.65. The molecular weight excluding hydrogens is 240 g/mol. The van der Waals surface area contributed by atoms with Crippen molar-refractivity contribution in [3.05, 3.63) is 0 Å². The number of nitrogens with zero attached hydrogens (tertiary/aromatic N) is 1. The molecule has 1 N–H and O–H groups in total. The van der Waals surface area contributed by atoms with E-state index in [2.05, 4.69) is 5.32 Å². The highest BCUT2D eigenvalue weighted by atomic mass is 16.6. The van der Waals surface area contributed by atoms with Gasteiger partial charge in [-0.05, 0) is 58.9 Å². The molecule has 0 bridgehead atoms. The second-order valence-corrected chi connectivity index (χ2v) is 6.97. The van der Waals surface area contributed by atoms with Crippen LogP contribution < -0.4 is 5.32 Å². The number of nitrogens with one attached hydrogen (secondary N) is 1. The minimum atomic E-state index is -0.395. The fourth-order valence-electron chi connectivity index (χ4n) is 2.67. The summed E-state index contributed by atoms with van der Waals surface area (Å²) in [4.78, 5) is 13.9. The van der Waals surface area contributed by atoms with Gasteiger partial charge in [0.1, 0.15) is 5.60 Å². The Morgan fingerprint density at radius 1 is 1.26 bits per heavy atom. The number of carbonyl (C=O) groups is 1. The largest absolute Gasteiger partial charge is 0.444 e. The standard InChI is InChI=1S/C15H28N2O2/c1-15(2,3)19-14(18)17-9-5-6-12(11-17)10-16-13-7-4-8-13/h12-13,16H,4-11H2,1-3H3/t12-/m0/s1. The van der Waals surface area contributed by atoms with E-state index in [4.69, 9.17) is 4.74 Å². The van der Waals surface area contributed by atoms with E-state index in [1.54, 1.807) is 0 Å². The van der Waals surface area contributed by atoms with Crippen molar-refractivity contribution in [3.63, 3.8) is 0 Å². The maximum absolute atomic E-state index is 12.0. The maximum Gasteiger partial charge on any atom is 0.410 e. The molecule has 1 atom stereocenters. The lowest BCUT2D eigenvalue weighted by molar-refractivity contribution is 0.0164. The van der Waals surface area contributed by atoms with Gasteiger partial charge in [-0.2, -0.15) is 0 Å². The van der Waals surface area contributed by atoms with Crippen LogP contribution in [0.15, 0.2) is 0 Å². The monoisotopic (exact) mass is 268 g/mol. The van der Waals surface area contributed by atoms with Gasteiger partial charge in [-0.25, -0.2) is 4.79 Å².